The van der Waals surface area contributed by atoms with E-state index < -0.39 is 0 Å². The van der Waals surface area contributed by atoms with E-state index in [0.29, 0.717) is 13.2 Å². The molecule has 6 nitrogen and oxygen atoms in total. The fraction of sp³-hybridized carbons (Fsp3) is 0.364. The number of amides is 2. The molecule has 0 fully saturated rings. The normalized spacial score (nSPS) is 19.2. The molecule has 1 aliphatic heterocycles. The van der Waals surface area contributed by atoms with E-state index in [0.717, 1.165) is 10.0 Å². The Morgan fingerprint density at radius 2 is 2.33 bits per heavy atom. The molecular formula is C11H13BrN4O2. The highest BCUT2D eigenvalue weighted by molar-refractivity contribution is 9.10. The quantitative estimate of drug-likeness (QED) is 0.909. The van der Waals surface area contributed by atoms with Crippen LogP contribution in [0.5, 0.6) is 0 Å². The molecule has 2 heterocycles. The molecule has 96 valence electrons. The van der Waals surface area contributed by atoms with Gasteiger partial charge in [-0.25, -0.2) is 4.79 Å². The molecule has 0 saturated carbocycles. The van der Waals surface area contributed by atoms with Crippen molar-refractivity contribution in [2.45, 2.75) is 6.04 Å². The van der Waals surface area contributed by atoms with Gasteiger partial charge in [0, 0.05) is 36.1 Å². The van der Waals surface area contributed by atoms with Crippen LogP contribution in [-0.2, 0) is 4.74 Å². The molecule has 0 radical (unpaired) electrons. The molecule has 1 unspecified atom stereocenters. The Morgan fingerprint density at radius 3 is 3.00 bits per heavy atom. The van der Waals surface area contributed by atoms with Crippen molar-refractivity contribution in [2.24, 2.45) is 10.7 Å². The summed E-state index contributed by atoms with van der Waals surface area (Å²) in [5, 5.41) is 0. The maximum absolute atomic E-state index is 11.7. The van der Waals surface area contributed by atoms with Crippen LogP contribution in [0.4, 0.5) is 4.79 Å². The maximum atomic E-state index is 11.7. The van der Waals surface area contributed by atoms with Crippen LogP contribution in [0.25, 0.3) is 0 Å². The van der Waals surface area contributed by atoms with Crippen molar-refractivity contribution in [1.82, 2.24) is 9.88 Å². The highest BCUT2D eigenvalue weighted by Gasteiger charge is 2.34. The summed E-state index contributed by atoms with van der Waals surface area (Å²) in [7, 11) is 1.58. The van der Waals surface area contributed by atoms with Crippen LogP contribution >= 0.6 is 15.9 Å². The zero-order valence-electron chi connectivity index (χ0n) is 9.84. The standard InChI is InChI=1S/C11H13BrN4O2/c1-18-3-2-16-9(10(13)15-11(16)17)7-4-8(12)6-14-5-7/h4-6,9H,2-3H2,1H3,(H2,13,15,17). The Morgan fingerprint density at radius 1 is 1.56 bits per heavy atom. The van der Waals surface area contributed by atoms with Gasteiger partial charge in [-0.15, -0.1) is 0 Å². The molecule has 1 aromatic rings. The Hall–Kier alpha value is -1.47. The first kappa shape index (κ1) is 13.0. The van der Waals surface area contributed by atoms with Crippen LogP contribution in [0.15, 0.2) is 27.9 Å². The first-order chi connectivity index (χ1) is 8.63. The number of rotatable bonds is 4. The van der Waals surface area contributed by atoms with Gasteiger partial charge in [0.1, 0.15) is 11.9 Å². The first-order valence-corrected chi connectivity index (χ1v) is 6.17. The third kappa shape index (κ3) is 2.51. The molecule has 2 rings (SSSR count). The summed E-state index contributed by atoms with van der Waals surface area (Å²) >= 11 is 3.35. The molecule has 18 heavy (non-hydrogen) atoms. The molecule has 0 spiro atoms. The summed E-state index contributed by atoms with van der Waals surface area (Å²) in [6.07, 6.45) is 3.35. The number of aromatic nitrogens is 1. The smallest absolute Gasteiger partial charge is 0.346 e. The highest BCUT2D eigenvalue weighted by atomic mass is 79.9. The third-order valence-electron chi connectivity index (χ3n) is 2.64. The van der Waals surface area contributed by atoms with Gasteiger partial charge in [-0.1, -0.05) is 0 Å². The summed E-state index contributed by atoms with van der Waals surface area (Å²) in [5.74, 6) is 0.288. The third-order valence-corrected chi connectivity index (χ3v) is 3.07. The van der Waals surface area contributed by atoms with E-state index in [1.807, 2.05) is 6.07 Å². The van der Waals surface area contributed by atoms with Gasteiger partial charge < -0.3 is 15.4 Å². The molecule has 0 aliphatic carbocycles. The fourth-order valence-corrected chi connectivity index (χ4v) is 2.23. The number of aliphatic imine (C=N–C) groups is 1. The molecular weight excluding hydrogens is 300 g/mol. The summed E-state index contributed by atoms with van der Waals surface area (Å²) in [5.41, 5.74) is 6.64. The number of carbonyl (C=O) groups is 1. The molecule has 1 aromatic heterocycles. The van der Waals surface area contributed by atoms with Gasteiger partial charge in [0.2, 0.25) is 0 Å². The fourth-order valence-electron chi connectivity index (χ4n) is 1.85. The van der Waals surface area contributed by atoms with Crippen molar-refractivity contribution in [3.63, 3.8) is 0 Å². The average Bonchev–Trinajstić information content (AvgIpc) is 2.61. The highest BCUT2D eigenvalue weighted by Crippen LogP contribution is 2.27. The second kappa shape index (κ2) is 5.45. The van der Waals surface area contributed by atoms with E-state index in [4.69, 9.17) is 10.5 Å². The van der Waals surface area contributed by atoms with Crippen LogP contribution in [0.2, 0.25) is 0 Å². The van der Waals surface area contributed by atoms with Gasteiger partial charge in [-0.05, 0) is 22.0 Å². The number of carbonyl (C=O) groups excluding carboxylic acids is 1. The van der Waals surface area contributed by atoms with Gasteiger partial charge >= 0.3 is 6.03 Å². The molecule has 0 bridgehead atoms. The Kier molecular flexibility index (Phi) is 3.93. The van der Waals surface area contributed by atoms with E-state index in [2.05, 4.69) is 25.9 Å². The SMILES string of the molecule is COCCN1C(=O)N=C(N)C1c1cncc(Br)c1. The second-order valence-corrected chi connectivity index (χ2v) is 4.76. The monoisotopic (exact) mass is 312 g/mol. The molecule has 1 atom stereocenters. The zero-order valence-corrected chi connectivity index (χ0v) is 11.4. The van der Waals surface area contributed by atoms with Crippen LogP contribution in [0.1, 0.15) is 11.6 Å². The van der Waals surface area contributed by atoms with Crippen LogP contribution in [0.3, 0.4) is 0 Å². The lowest BCUT2D eigenvalue weighted by Crippen LogP contribution is -2.35. The van der Waals surface area contributed by atoms with Gasteiger partial charge in [0.15, 0.2) is 0 Å². The molecule has 1 aliphatic rings. The van der Waals surface area contributed by atoms with Crippen LogP contribution < -0.4 is 5.73 Å². The number of halogens is 1. The predicted octanol–water partition coefficient (Wildman–Crippen LogP) is 1.32. The molecule has 7 heteroatoms. The minimum absolute atomic E-state index is 0.288. The topological polar surface area (TPSA) is 80.8 Å². The average molecular weight is 313 g/mol. The number of ether oxygens (including phenoxy) is 1. The summed E-state index contributed by atoms with van der Waals surface area (Å²) in [4.78, 5) is 21.2. The Balaban J connectivity index is 2.28. The van der Waals surface area contributed by atoms with Gasteiger partial charge in [-0.2, -0.15) is 4.99 Å². The van der Waals surface area contributed by atoms with Crippen molar-refractivity contribution < 1.29 is 9.53 Å². The van der Waals surface area contributed by atoms with Crippen LogP contribution in [0, 0.1) is 0 Å². The number of methoxy groups -OCH3 is 1. The number of hydrogen-bond acceptors (Lipinski definition) is 4. The number of urea groups is 1. The van der Waals surface area contributed by atoms with Gasteiger partial charge in [0.25, 0.3) is 0 Å². The van der Waals surface area contributed by atoms with Crippen molar-refractivity contribution in [2.75, 3.05) is 20.3 Å². The largest absolute Gasteiger partial charge is 0.385 e. The first-order valence-electron chi connectivity index (χ1n) is 5.37. The maximum Gasteiger partial charge on any atom is 0.346 e. The summed E-state index contributed by atoms with van der Waals surface area (Å²) in [6.45, 7) is 0.878. The van der Waals surface area contributed by atoms with E-state index >= 15 is 0 Å². The van der Waals surface area contributed by atoms with Crippen molar-refractivity contribution >= 4 is 27.8 Å². The predicted molar refractivity (Wildman–Crippen MR) is 70.3 cm³/mol. The number of nitrogens with zero attached hydrogens (tertiary/aromatic N) is 3. The van der Waals surface area contributed by atoms with E-state index in [1.165, 1.54) is 0 Å². The minimum atomic E-state index is -0.363. The van der Waals surface area contributed by atoms with E-state index in [1.54, 1.807) is 24.4 Å². The Labute approximate surface area is 113 Å². The molecule has 2 amide bonds. The summed E-state index contributed by atoms with van der Waals surface area (Å²) in [6, 6.07) is 1.17. The van der Waals surface area contributed by atoms with Crippen molar-refractivity contribution in [3.05, 3.63) is 28.5 Å². The lowest BCUT2D eigenvalue weighted by Gasteiger charge is -2.23. The molecule has 0 aromatic carbocycles. The number of pyridine rings is 1. The van der Waals surface area contributed by atoms with E-state index in [-0.39, 0.29) is 17.9 Å². The molecule has 0 saturated heterocycles. The zero-order chi connectivity index (χ0) is 13.1. The van der Waals surface area contributed by atoms with Crippen LogP contribution in [-0.4, -0.2) is 42.0 Å². The second-order valence-electron chi connectivity index (χ2n) is 3.84. The Bertz CT molecular complexity index is 492. The van der Waals surface area contributed by atoms with Crippen molar-refractivity contribution in [1.29, 1.82) is 0 Å². The van der Waals surface area contributed by atoms with Gasteiger partial charge in [0.05, 0.1) is 6.61 Å². The number of nitrogens with two attached hydrogens (primary N) is 1. The lowest BCUT2D eigenvalue weighted by atomic mass is 10.1. The summed E-state index contributed by atoms with van der Waals surface area (Å²) < 4.78 is 5.82. The minimum Gasteiger partial charge on any atom is -0.385 e. The molecule has 2 N–H and O–H groups in total. The van der Waals surface area contributed by atoms with E-state index in [9.17, 15) is 4.79 Å². The lowest BCUT2D eigenvalue weighted by molar-refractivity contribution is 0.150. The number of hydrogen-bond donors (Lipinski definition) is 1. The van der Waals surface area contributed by atoms with Gasteiger partial charge in [-0.3, -0.25) is 4.98 Å². The number of amidine groups is 1. The van der Waals surface area contributed by atoms with Crippen molar-refractivity contribution in [3.8, 4) is 0 Å².